The Kier molecular flexibility index (Phi) is 6.23. The summed E-state index contributed by atoms with van der Waals surface area (Å²) in [5, 5.41) is 2.36. The van der Waals surface area contributed by atoms with Crippen LogP contribution in [0.15, 0.2) is 30.3 Å². The number of benzene rings is 1. The van der Waals surface area contributed by atoms with E-state index < -0.39 is 24.1 Å². The first kappa shape index (κ1) is 18.3. The number of alkyl halides is 3. The highest BCUT2D eigenvalue weighted by Gasteiger charge is 2.42. The first-order chi connectivity index (χ1) is 11.4. The van der Waals surface area contributed by atoms with E-state index in [9.17, 15) is 22.8 Å². The molecule has 0 aliphatic heterocycles. The maximum atomic E-state index is 12.6. The van der Waals surface area contributed by atoms with Gasteiger partial charge in [0.05, 0.1) is 12.5 Å². The van der Waals surface area contributed by atoms with Gasteiger partial charge in [-0.25, -0.2) is 4.79 Å². The van der Waals surface area contributed by atoms with E-state index in [1.807, 2.05) is 18.2 Å². The van der Waals surface area contributed by atoms with Crippen molar-refractivity contribution in [2.24, 2.45) is 11.8 Å². The molecule has 4 nitrogen and oxygen atoms in total. The first-order valence-corrected chi connectivity index (χ1v) is 7.90. The number of amides is 1. The third-order valence-electron chi connectivity index (χ3n) is 4.27. The van der Waals surface area contributed by atoms with Crippen molar-refractivity contribution in [3.05, 3.63) is 35.9 Å². The van der Waals surface area contributed by atoms with E-state index in [0.29, 0.717) is 0 Å². The maximum Gasteiger partial charge on any atom is 0.407 e. The Morgan fingerprint density at radius 3 is 2.29 bits per heavy atom. The van der Waals surface area contributed by atoms with Gasteiger partial charge in [0.1, 0.15) is 6.61 Å². The Morgan fingerprint density at radius 1 is 1.08 bits per heavy atom. The minimum atomic E-state index is -4.19. The molecule has 1 fully saturated rings. The molecule has 132 valence electrons. The fraction of sp³-hybridized carbons (Fsp3) is 0.529. The smallest absolute Gasteiger partial charge is 0.407 e. The van der Waals surface area contributed by atoms with Crippen LogP contribution in [0.5, 0.6) is 0 Å². The molecule has 0 saturated heterocycles. The van der Waals surface area contributed by atoms with Crippen molar-refractivity contribution in [3.8, 4) is 0 Å². The Labute approximate surface area is 138 Å². The molecule has 1 aromatic rings. The Bertz CT molecular complexity index is 552. The Hall–Kier alpha value is -2.05. The summed E-state index contributed by atoms with van der Waals surface area (Å²) in [6.07, 6.45) is -4.53. The number of hydrogen-bond acceptors (Lipinski definition) is 3. The lowest BCUT2D eigenvalue weighted by atomic mass is 9.79. The third kappa shape index (κ3) is 5.54. The van der Waals surface area contributed by atoms with Gasteiger partial charge in [-0.1, -0.05) is 30.3 Å². The number of halogens is 3. The second-order valence-corrected chi connectivity index (χ2v) is 5.97. The van der Waals surface area contributed by atoms with E-state index >= 15 is 0 Å². The van der Waals surface area contributed by atoms with Crippen molar-refractivity contribution in [1.29, 1.82) is 0 Å². The monoisotopic (exact) mass is 343 g/mol. The van der Waals surface area contributed by atoms with Crippen LogP contribution in [0.25, 0.3) is 0 Å². The van der Waals surface area contributed by atoms with Crippen molar-refractivity contribution in [1.82, 2.24) is 5.32 Å². The van der Waals surface area contributed by atoms with Crippen molar-refractivity contribution < 1.29 is 27.5 Å². The molecule has 1 aromatic carbocycles. The second kappa shape index (κ2) is 8.17. The summed E-state index contributed by atoms with van der Waals surface area (Å²) < 4.78 is 42.7. The lowest BCUT2D eigenvalue weighted by Crippen LogP contribution is -2.36. The van der Waals surface area contributed by atoms with Crippen LogP contribution in [0.1, 0.15) is 31.2 Å². The minimum Gasteiger partial charge on any atom is -0.445 e. The molecule has 1 aliphatic rings. The van der Waals surface area contributed by atoms with Gasteiger partial charge in [-0.15, -0.1) is 0 Å². The number of hydrogen-bond donors (Lipinski definition) is 1. The molecule has 1 saturated carbocycles. The zero-order chi connectivity index (χ0) is 17.6. The Morgan fingerprint density at radius 2 is 1.71 bits per heavy atom. The summed E-state index contributed by atoms with van der Waals surface area (Å²) in [6.45, 7) is -0.119. The SMILES string of the molecule is O=C(NCC(=O)C1CCC(C(F)(F)F)CC1)OCc1ccccc1. The van der Waals surface area contributed by atoms with E-state index in [2.05, 4.69) is 5.32 Å². The predicted octanol–water partition coefficient (Wildman–Crippen LogP) is 3.85. The van der Waals surface area contributed by atoms with Crippen LogP contribution in [-0.2, 0) is 16.1 Å². The van der Waals surface area contributed by atoms with Gasteiger partial charge < -0.3 is 10.1 Å². The van der Waals surface area contributed by atoms with Crippen LogP contribution in [0, 0.1) is 11.8 Å². The van der Waals surface area contributed by atoms with Gasteiger partial charge in [0.15, 0.2) is 5.78 Å². The standard InChI is InChI=1S/C17H20F3NO3/c18-17(19,20)14-8-6-13(7-9-14)15(22)10-21-16(23)24-11-12-4-2-1-3-5-12/h1-5,13-14H,6-11H2,(H,21,23). The number of alkyl carbamates (subject to hydrolysis) is 1. The van der Waals surface area contributed by atoms with Crippen LogP contribution in [0.3, 0.4) is 0 Å². The van der Waals surface area contributed by atoms with E-state index in [4.69, 9.17) is 4.74 Å². The number of nitrogens with one attached hydrogen (secondary N) is 1. The lowest BCUT2D eigenvalue weighted by Gasteiger charge is -2.29. The summed E-state index contributed by atoms with van der Waals surface area (Å²) in [6, 6.07) is 9.08. The molecule has 2 rings (SSSR count). The summed E-state index contributed by atoms with van der Waals surface area (Å²) in [5.41, 5.74) is 0.824. The van der Waals surface area contributed by atoms with Crippen LogP contribution in [0.2, 0.25) is 0 Å². The molecule has 0 bridgehead atoms. The van der Waals surface area contributed by atoms with E-state index in [1.54, 1.807) is 12.1 Å². The number of rotatable bonds is 5. The van der Waals surface area contributed by atoms with Crippen LogP contribution in [-0.4, -0.2) is 24.6 Å². The average Bonchev–Trinajstić information content (AvgIpc) is 2.58. The van der Waals surface area contributed by atoms with E-state index in [1.165, 1.54) is 0 Å². The average molecular weight is 343 g/mol. The second-order valence-electron chi connectivity index (χ2n) is 5.97. The van der Waals surface area contributed by atoms with Gasteiger partial charge in [-0.2, -0.15) is 13.2 Å². The van der Waals surface area contributed by atoms with Gasteiger partial charge in [-0.05, 0) is 31.2 Å². The highest BCUT2D eigenvalue weighted by atomic mass is 19.4. The molecule has 1 N–H and O–H groups in total. The van der Waals surface area contributed by atoms with Crippen LogP contribution >= 0.6 is 0 Å². The van der Waals surface area contributed by atoms with Crippen molar-refractivity contribution in [2.45, 2.75) is 38.5 Å². The Balaban J connectivity index is 1.67. The van der Waals surface area contributed by atoms with Crippen LogP contribution in [0.4, 0.5) is 18.0 Å². The van der Waals surface area contributed by atoms with Gasteiger partial charge >= 0.3 is 12.3 Å². The normalized spacial score (nSPS) is 21.1. The third-order valence-corrected chi connectivity index (χ3v) is 4.27. The molecule has 0 atom stereocenters. The molecule has 24 heavy (non-hydrogen) atoms. The molecule has 7 heteroatoms. The van der Waals surface area contributed by atoms with Gasteiger partial charge in [-0.3, -0.25) is 4.79 Å². The molecule has 1 aliphatic carbocycles. The number of carbonyl (C=O) groups excluding carboxylic acids is 2. The highest BCUT2D eigenvalue weighted by molar-refractivity contribution is 5.85. The molecular weight excluding hydrogens is 323 g/mol. The molecule has 0 heterocycles. The summed E-state index contributed by atoms with van der Waals surface area (Å²) in [7, 11) is 0. The molecule has 0 unspecified atom stereocenters. The molecule has 1 amide bonds. The fourth-order valence-electron chi connectivity index (χ4n) is 2.82. The zero-order valence-electron chi connectivity index (χ0n) is 13.1. The highest BCUT2D eigenvalue weighted by Crippen LogP contribution is 2.39. The number of ether oxygens (including phenoxy) is 1. The van der Waals surface area contributed by atoms with Crippen molar-refractivity contribution in [2.75, 3.05) is 6.54 Å². The minimum absolute atomic E-state index is 0.0294. The maximum absolute atomic E-state index is 12.6. The predicted molar refractivity (Wildman–Crippen MR) is 81.1 cm³/mol. The summed E-state index contributed by atoms with van der Waals surface area (Å²) in [4.78, 5) is 23.5. The molecule has 0 aromatic heterocycles. The fourth-order valence-corrected chi connectivity index (χ4v) is 2.82. The number of ketones is 1. The van der Waals surface area contributed by atoms with Gasteiger partial charge in [0, 0.05) is 5.92 Å². The zero-order valence-corrected chi connectivity index (χ0v) is 13.1. The van der Waals surface area contributed by atoms with E-state index in [-0.39, 0.29) is 44.6 Å². The van der Waals surface area contributed by atoms with E-state index in [0.717, 1.165) is 5.56 Å². The summed E-state index contributed by atoms with van der Waals surface area (Å²) >= 11 is 0. The number of carbonyl (C=O) groups is 2. The van der Waals surface area contributed by atoms with Crippen molar-refractivity contribution >= 4 is 11.9 Å². The van der Waals surface area contributed by atoms with Crippen LogP contribution < -0.4 is 5.32 Å². The quantitative estimate of drug-likeness (QED) is 0.883. The first-order valence-electron chi connectivity index (χ1n) is 7.90. The van der Waals surface area contributed by atoms with Gasteiger partial charge in [0.25, 0.3) is 0 Å². The molecule has 0 spiro atoms. The van der Waals surface area contributed by atoms with Crippen molar-refractivity contribution in [3.63, 3.8) is 0 Å². The largest absolute Gasteiger partial charge is 0.445 e. The molecule has 0 radical (unpaired) electrons. The molecular formula is C17H20F3NO3. The summed E-state index contributed by atoms with van der Waals surface area (Å²) in [5.74, 6) is -1.98. The topological polar surface area (TPSA) is 55.4 Å². The number of Topliss-reactive ketones (excluding diaryl/α,β-unsaturated/α-hetero) is 1. The lowest BCUT2D eigenvalue weighted by molar-refractivity contribution is -0.184. The van der Waals surface area contributed by atoms with Gasteiger partial charge in [0.2, 0.25) is 0 Å².